The zero-order chi connectivity index (χ0) is 20.9. The first kappa shape index (κ1) is 21.7. The van der Waals surface area contributed by atoms with Gasteiger partial charge < -0.3 is 10.1 Å². The molecule has 2 aromatic rings. The number of esters is 1. The Hall–Kier alpha value is -2.56. The summed E-state index contributed by atoms with van der Waals surface area (Å²) in [5.74, 6) is -2.95. The van der Waals surface area contributed by atoms with Gasteiger partial charge in [0, 0.05) is 12.7 Å². The van der Waals surface area contributed by atoms with E-state index in [0.717, 1.165) is 37.4 Å². The van der Waals surface area contributed by atoms with Crippen molar-refractivity contribution in [2.45, 2.75) is 4.90 Å². The molecule has 1 amide bonds. The Morgan fingerprint density at radius 1 is 1.14 bits per heavy atom. The number of nitrogens with one attached hydrogen (secondary N) is 1. The first-order chi connectivity index (χ1) is 13.1. The van der Waals surface area contributed by atoms with E-state index in [4.69, 9.17) is 16.3 Å². The number of hydrogen-bond donors (Lipinski definition) is 1. The van der Waals surface area contributed by atoms with Crippen LogP contribution in [-0.2, 0) is 24.3 Å². The number of sulfonamides is 1. The molecule has 28 heavy (non-hydrogen) atoms. The molecule has 0 aliphatic heterocycles. The van der Waals surface area contributed by atoms with Crippen molar-refractivity contribution >= 4 is 39.2 Å². The van der Waals surface area contributed by atoms with E-state index >= 15 is 0 Å². The van der Waals surface area contributed by atoms with Gasteiger partial charge in [0.2, 0.25) is 10.0 Å². The molecule has 0 spiro atoms. The van der Waals surface area contributed by atoms with Crippen LogP contribution in [0.3, 0.4) is 0 Å². The molecule has 0 atom stereocenters. The third-order valence-electron chi connectivity index (χ3n) is 3.44. The SMILES string of the molecule is CN(CC(=O)OCC(=O)Nc1ccc(F)c(Cl)c1)S(=O)(=O)c1ccc(F)cc1. The predicted molar refractivity (Wildman–Crippen MR) is 97.2 cm³/mol. The fourth-order valence-corrected chi connectivity index (χ4v) is 3.31. The lowest BCUT2D eigenvalue weighted by Gasteiger charge is -2.16. The van der Waals surface area contributed by atoms with Gasteiger partial charge in [-0.05, 0) is 42.5 Å². The Bertz CT molecular complexity index is 984. The zero-order valence-electron chi connectivity index (χ0n) is 14.5. The van der Waals surface area contributed by atoms with Crippen LogP contribution in [0.1, 0.15) is 0 Å². The number of benzene rings is 2. The molecule has 0 unspecified atom stereocenters. The maximum Gasteiger partial charge on any atom is 0.321 e. The molecule has 0 heterocycles. The summed E-state index contributed by atoms with van der Waals surface area (Å²) >= 11 is 5.59. The summed E-state index contributed by atoms with van der Waals surface area (Å²) in [7, 11) is -2.89. The molecule has 7 nitrogen and oxygen atoms in total. The van der Waals surface area contributed by atoms with Crippen molar-refractivity contribution in [1.29, 1.82) is 0 Å². The summed E-state index contributed by atoms with van der Waals surface area (Å²) in [5, 5.41) is 2.15. The van der Waals surface area contributed by atoms with Crippen LogP contribution in [0.5, 0.6) is 0 Å². The van der Waals surface area contributed by atoms with Crippen LogP contribution in [0.4, 0.5) is 14.5 Å². The highest BCUT2D eigenvalue weighted by atomic mass is 35.5. The lowest BCUT2D eigenvalue weighted by molar-refractivity contribution is -0.147. The maximum atomic E-state index is 13.1. The molecule has 0 aliphatic carbocycles. The van der Waals surface area contributed by atoms with Gasteiger partial charge in [0.25, 0.3) is 5.91 Å². The van der Waals surface area contributed by atoms with E-state index in [1.54, 1.807) is 0 Å². The molecule has 1 N–H and O–H groups in total. The normalized spacial score (nSPS) is 11.3. The van der Waals surface area contributed by atoms with Crippen LogP contribution in [0.2, 0.25) is 5.02 Å². The topological polar surface area (TPSA) is 92.8 Å². The van der Waals surface area contributed by atoms with Crippen LogP contribution in [0.15, 0.2) is 47.4 Å². The minimum atomic E-state index is -4.03. The van der Waals surface area contributed by atoms with Crippen LogP contribution >= 0.6 is 11.6 Å². The van der Waals surface area contributed by atoms with Crippen molar-refractivity contribution in [1.82, 2.24) is 4.31 Å². The first-order valence-corrected chi connectivity index (χ1v) is 9.54. The highest BCUT2D eigenvalue weighted by Crippen LogP contribution is 2.19. The van der Waals surface area contributed by atoms with Gasteiger partial charge >= 0.3 is 5.97 Å². The zero-order valence-corrected chi connectivity index (χ0v) is 16.1. The number of ether oxygens (including phenoxy) is 1. The van der Waals surface area contributed by atoms with Crippen LogP contribution in [0, 0.1) is 11.6 Å². The number of likely N-dealkylation sites (N-methyl/N-ethyl adjacent to an activating group) is 1. The first-order valence-electron chi connectivity index (χ1n) is 7.72. The van der Waals surface area contributed by atoms with E-state index in [-0.39, 0.29) is 15.6 Å². The van der Waals surface area contributed by atoms with Gasteiger partial charge in [-0.25, -0.2) is 17.2 Å². The monoisotopic (exact) mass is 432 g/mol. The Kier molecular flexibility index (Phi) is 7.05. The summed E-state index contributed by atoms with van der Waals surface area (Å²) in [6, 6.07) is 7.58. The molecule has 150 valence electrons. The third kappa shape index (κ3) is 5.72. The summed E-state index contributed by atoms with van der Waals surface area (Å²) in [6.45, 7) is -1.34. The van der Waals surface area contributed by atoms with Gasteiger partial charge in [-0.3, -0.25) is 9.59 Å². The molecule has 0 aromatic heterocycles. The second-order valence-electron chi connectivity index (χ2n) is 5.55. The van der Waals surface area contributed by atoms with Crippen molar-refractivity contribution in [3.8, 4) is 0 Å². The Morgan fingerprint density at radius 3 is 2.39 bits per heavy atom. The third-order valence-corrected chi connectivity index (χ3v) is 5.55. The highest BCUT2D eigenvalue weighted by Gasteiger charge is 2.24. The Morgan fingerprint density at radius 2 is 1.79 bits per heavy atom. The van der Waals surface area contributed by atoms with Crippen LogP contribution in [0.25, 0.3) is 0 Å². The number of anilines is 1. The number of hydrogen-bond acceptors (Lipinski definition) is 5. The van der Waals surface area contributed by atoms with E-state index in [1.807, 2.05) is 0 Å². The van der Waals surface area contributed by atoms with Gasteiger partial charge in [0.1, 0.15) is 18.2 Å². The second-order valence-corrected chi connectivity index (χ2v) is 8.00. The van der Waals surface area contributed by atoms with Gasteiger partial charge in [-0.15, -0.1) is 0 Å². The lowest BCUT2D eigenvalue weighted by Crippen LogP contribution is -2.34. The number of nitrogens with zero attached hydrogens (tertiary/aromatic N) is 1. The molecule has 0 aliphatic rings. The summed E-state index contributed by atoms with van der Waals surface area (Å²) in [4.78, 5) is 23.4. The fraction of sp³-hybridized carbons (Fsp3) is 0.176. The number of halogens is 3. The maximum absolute atomic E-state index is 13.1. The minimum absolute atomic E-state index is 0.192. The fourth-order valence-electron chi connectivity index (χ4n) is 2.02. The summed E-state index contributed by atoms with van der Waals surface area (Å²) in [6.07, 6.45) is 0. The van der Waals surface area contributed by atoms with Gasteiger partial charge in [0.05, 0.1) is 9.92 Å². The van der Waals surface area contributed by atoms with Crippen molar-refractivity contribution in [3.63, 3.8) is 0 Å². The molecule has 11 heteroatoms. The van der Waals surface area contributed by atoms with E-state index in [1.165, 1.54) is 12.1 Å². The highest BCUT2D eigenvalue weighted by molar-refractivity contribution is 7.89. The standard InChI is InChI=1S/C17H15ClF2N2O5S/c1-22(28(25,26)13-5-2-11(19)3-6-13)9-17(24)27-10-16(23)21-12-4-7-15(20)14(18)8-12/h2-8H,9-10H2,1H3,(H,21,23). The van der Waals surface area contributed by atoms with E-state index in [2.05, 4.69) is 5.32 Å². The van der Waals surface area contributed by atoms with Crippen molar-refractivity contribution in [3.05, 3.63) is 59.1 Å². The summed E-state index contributed by atoms with van der Waals surface area (Å²) < 4.78 is 56.0. The number of carbonyl (C=O) groups is 2. The molecule has 0 fully saturated rings. The smallest absolute Gasteiger partial charge is 0.321 e. The number of rotatable bonds is 7. The van der Waals surface area contributed by atoms with E-state index < -0.39 is 46.7 Å². The summed E-state index contributed by atoms with van der Waals surface area (Å²) in [5.41, 5.74) is 0.198. The van der Waals surface area contributed by atoms with Gasteiger partial charge in [-0.2, -0.15) is 4.31 Å². The van der Waals surface area contributed by atoms with E-state index in [9.17, 15) is 26.8 Å². The number of carbonyl (C=O) groups excluding carboxylic acids is 2. The molecular weight excluding hydrogens is 418 g/mol. The molecular formula is C17H15ClF2N2O5S. The predicted octanol–water partition coefficient (Wildman–Crippen LogP) is 2.42. The molecule has 2 rings (SSSR count). The van der Waals surface area contributed by atoms with Gasteiger partial charge in [0.15, 0.2) is 6.61 Å². The Balaban J connectivity index is 1.88. The van der Waals surface area contributed by atoms with Crippen LogP contribution < -0.4 is 5.32 Å². The average molecular weight is 433 g/mol. The average Bonchev–Trinajstić information content (AvgIpc) is 2.63. The van der Waals surface area contributed by atoms with Crippen molar-refractivity contribution < 1.29 is 31.5 Å². The molecule has 0 saturated carbocycles. The molecule has 0 saturated heterocycles. The quantitative estimate of drug-likeness (QED) is 0.678. The minimum Gasteiger partial charge on any atom is -0.455 e. The molecule has 2 aromatic carbocycles. The van der Waals surface area contributed by atoms with Crippen LogP contribution in [-0.4, -0.2) is 44.8 Å². The molecule has 0 radical (unpaired) electrons. The van der Waals surface area contributed by atoms with Crippen molar-refractivity contribution in [2.75, 3.05) is 25.5 Å². The molecule has 0 bridgehead atoms. The lowest BCUT2D eigenvalue weighted by atomic mass is 10.3. The second kappa shape index (κ2) is 9.09. The van der Waals surface area contributed by atoms with Crippen molar-refractivity contribution in [2.24, 2.45) is 0 Å². The van der Waals surface area contributed by atoms with Gasteiger partial charge in [-0.1, -0.05) is 11.6 Å². The largest absolute Gasteiger partial charge is 0.455 e. The number of amides is 1. The Labute approximate surface area is 164 Å². The van der Waals surface area contributed by atoms with E-state index in [0.29, 0.717) is 4.31 Å².